The highest BCUT2D eigenvalue weighted by molar-refractivity contribution is 5.43. The Kier molecular flexibility index (Phi) is 4.92. The summed E-state index contributed by atoms with van der Waals surface area (Å²) in [5.41, 5.74) is 3.08. The van der Waals surface area contributed by atoms with Gasteiger partial charge >= 0.3 is 0 Å². The number of aromatic nitrogens is 4. The molecule has 8 heteroatoms. The van der Waals surface area contributed by atoms with Crippen LogP contribution in [0.1, 0.15) is 67.9 Å². The van der Waals surface area contributed by atoms with Crippen LogP contribution in [0.5, 0.6) is 0 Å². The summed E-state index contributed by atoms with van der Waals surface area (Å²) in [5, 5.41) is 11.0. The van der Waals surface area contributed by atoms with Gasteiger partial charge in [-0.15, -0.1) is 0 Å². The molecule has 0 unspecified atom stereocenters. The van der Waals surface area contributed by atoms with Crippen molar-refractivity contribution in [1.29, 1.82) is 0 Å². The number of nitrogens with one attached hydrogen (secondary N) is 2. The Morgan fingerprint density at radius 2 is 1.84 bits per heavy atom. The first-order valence-electron chi connectivity index (χ1n) is 11.8. The molecule has 3 aliphatic rings. The Morgan fingerprint density at radius 3 is 2.66 bits per heavy atom. The van der Waals surface area contributed by atoms with Gasteiger partial charge in [-0.3, -0.25) is 9.36 Å². The first kappa shape index (κ1) is 19.5. The molecule has 0 radical (unpaired) electrons. The molecule has 0 bridgehead atoms. The summed E-state index contributed by atoms with van der Waals surface area (Å²) in [6, 6.07) is 6.68. The van der Waals surface area contributed by atoms with Crippen LogP contribution in [-0.4, -0.2) is 31.8 Å². The van der Waals surface area contributed by atoms with Crippen molar-refractivity contribution in [3.05, 3.63) is 58.0 Å². The van der Waals surface area contributed by atoms with Gasteiger partial charge in [0.2, 0.25) is 5.89 Å². The highest BCUT2D eigenvalue weighted by Gasteiger charge is 2.31. The number of fused-ring (bicyclic) bond motifs is 1. The summed E-state index contributed by atoms with van der Waals surface area (Å²) >= 11 is 0. The van der Waals surface area contributed by atoms with E-state index in [0.717, 1.165) is 74.3 Å². The van der Waals surface area contributed by atoms with Crippen molar-refractivity contribution in [2.24, 2.45) is 0 Å². The molecule has 2 fully saturated rings. The normalized spacial score (nSPS) is 22.5. The number of hydrogen-bond donors (Lipinski definition) is 2. The third kappa shape index (κ3) is 3.89. The standard InChI is InChI=1S/C24H28N6O2/c31-23-20-4-2-1-3-15(20)11-12-30(23)19-9-10-21(25-14-19)26-17-7-8-18(13-17)27-24-28-22(32-29-24)16-5-6-16/h9-12,14,16-18H,1-8,13H2,(H,25,26)(H,27,29)/t17-,18-/m0/s1. The molecule has 32 heavy (non-hydrogen) atoms. The van der Waals surface area contributed by atoms with Gasteiger partial charge < -0.3 is 15.2 Å². The third-order valence-corrected chi connectivity index (χ3v) is 6.92. The molecule has 0 spiro atoms. The van der Waals surface area contributed by atoms with Crippen LogP contribution >= 0.6 is 0 Å². The molecule has 0 amide bonds. The summed E-state index contributed by atoms with van der Waals surface area (Å²) in [4.78, 5) is 21.9. The number of hydrogen-bond acceptors (Lipinski definition) is 7. The Bertz CT molecular complexity index is 1160. The SMILES string of the molecule is O=c1c2c(ccn1-c1ccc(N[C@H]3CC[C@H](Nc4noc(C5CC5)n4)C3)nc1)CCCC2. The molecule has 3 aromatic rings. The van der Waals surface area contributed by atoms with Crippen LogP contribution in [0.2, 0.25) is 0 Å². The van der Waals surface area contributed by atoms with Crippen LogP contribution in [0.25, 0.3) is 5.69 Å². The molecule has 0 aliphatic heterocycles. The predicted molar refractivity (Wildman–Crippen MR) is 121 cm³/mol. The lowest BCUT2D eigenvalue weighted by Gasteiger charge is -2.17. The predicted octanol–water partition coefficient (Wildman–Crippen LogP) is 3.82. The van der Waals surface area contributed by atoms with Crippen LogP contribution < -0.4 is 16.2 Å². The first-order chi connectivity index (χ1) is 15.7. The molecule has 8 nitrogen and oxygen atoms in total. The average molecular weight is 433 g/mol. The van der Waals surface area contributed by atoms with Gasteiger partial charge in [-0.1, -0.05) is 0 Å². The maximum atomic E-state index is 12.9. The Morgan fingerprint density at radius 1 is 1.00 bits per heavy atom. The average Bonchev–Trinajstić information content (AvgIpc) is 3.42. The van der Waals surface area contributed by atoms with E-state index in [1.807, 2.05) is 18.3 Å². The van der Waals surface area contributed by atoms with E-state index >= 15 is 0 Å². The van der Waals surface area contributed by atoms with Crippen LogP contribution in [0.3, 0.4) is 0 Å². The van der Waals surface area contributed by atoms with Crippen LogP contribution in [0.4, 0.5) is 11.8 Å². The van der Waals surface area contributed by atoms with E-state index in [1.54, 1.807) is 10.8 Å². The van der Waals surface area contributed by atoms with Gasteiger partial charge in [0.25, 0.3) is 11.5 Å². The third-order valence-electron chi connectivity index (χ3n) is 6.92. The summed E-state index contributed by atoms with van der Waals surface area (Å²) < 4.78 is 7.05. The zero-order valence-electron chi connectivity index (χ0n) is 18.1. The fourth-order valence-electron chi connectivity index (χ4n) is 4.98. The van der Waals surface area contributed by atoms with Gasteiger partial charge in [0.1, 0.15) is 5.82 Å². The zero-order valence-corrected chi connectivity index (χ0v) is 18.1. The lowest BCUT2D eigenvalue weighted by Crippen LogP contribution is -2.25. The molecular weight excluding hydrogens is 404 g/mol. The maximum Gasteiger partial charge on any atom is 0.263 e. The zero-order chi connectivity index (χ0) is 21.5. The summed E-state index contributed by atoms with van der Waals surface area (Å²) in [6.45, 7) is 0. The van der Waals surface area contributed by atoms with Gasteiger partial charge in [0.15, 0.2) is 0 Å². The monoisotopic (exact) mass is 432 g/mol. The van der Waals surface area contributed by atoms with Gasteiger partial charge in [0.05, 0.1) is 11.9 Å². The fourth-order valence-corrected chi connectivity index (χ4v) is 4.98. The number of anilines is 2. The molecule has 2 N–H and O–H groups in total. The van der Waals surface area contributed by atoms with Crippen LogP contribution in [0.15, 0.2) is 39.9 Å². The first-order valence-corrected chi connectivity index (χ1v) is 11.8. The van der Waals surface area contributed by atoms with Crippen molar-refractivity contribution in [2.75, 3.05) is 10.6 Å². The molecule has 3 aromatic heterocycles. The molecule has 2 atom stereocenters. The number of pyridine rings is 2. The second kappa shape index (κ2) is 8.07. The van der Waals surface area contributed by atoms with Gasteiger partial charge in [-0.25, -0.2) is 4.98 Å². The minimum Gasteiger partial charge on any atom is -0.367 e. The number of rotatable bonds is 6. The van der Waals surface area contributed by atoms with Crippen molar-refractivity contribution in [3.63, 3.8) is 0 Å². The van der Waals surface area contributed by atoms with Crippen molar-refractivity contribution in [1.82, 2.24) is 19.7 Å². The largest absolute Gasteiger partial charge is 0.367 e. The quantitative estimate of drug-likeness (QED) is 0.611. The topological polar surface area (TPSA) is 97.9 Å². The van der Waals surface area contributed by atoms with Crippen molar-refractivity contribution >= 4 is 11.8 Å². The summed E-state index contributed by atoms with van der Waals surface area (Å²) in [5.74, 6) is 2.68. The number of nitrogens with zero attached hydrogens (tertiary/aromatic N) is 4. The van der Waals surface area contributed by atoms with Crippen LogP contribution in [0, 0.1) is 0 Å². The van der Waals surface area contributed by atoms with E-state index < -0.39 is 0 Å². The minimum atomic E-state index is 0.0979. The van der Waals surface area contributed by atoms with E-state index in [4.69, 9.17) is 4.52 Å². The lowest BCUT2D eigenvalue weighted by atomic mass is 9.93. The number of aryl methyl sites for hydroxylation is 1. The van der Waals surface area contributed by atoms with Gasteiger partial charge in [0, 0.05) is 29.8 Å². The van der Waals surface area contributed by atoms with Gasteiger partial charge in [-0.2, -0.15) is 4.98 Å². The van der Waals surface area contributed by atoms with E-state index in [2.05, 4.69) is 31.8 Å². The van der Waals surface area contributed by atoms with E-state index in [-0.39, 0.29) is 5.56 Å². The Hall–Kier alpha value is -3.16. The smallest absolute Gasteiger partial charge is 0.263 e. The molecular formula is C24H28N6O2. The van der Waals surface area contributed by atoms with E-state index in [1.165, 1.54) is 12.0 Å². The summed E-state index contributed by atoms with van der Waals surface area (Å²) in [6.07, 6.45) is 13.2. The molecule has 0 aromatic carbocycles. The fraction of sp³-hybridized carbons (Fsp3) is 0.500. The lowest BCUT2D eigenvalue weighted by molar-refractivity contribution is 0.379. The van der Waals surface area contributed by atoms with Crippen molar-refractivity contribution < 1.29 is 4.52 Å². The Labute approximate surface area is 186 Å². The molecule has 166 valence electrons. The highest BCUT2D eigenvalue weighted by atomic mass is 16.5. The molecule has 3 heterocycles. The molecule has 3 aliphatic carbocycles. The minimum absolute atomic E-state index is 0.0979. The van der Waals surface area contributed by atoms with Gasteiger partial charge in [-0.05, 0) is 86.7 Å². The second-order valence-corrected chi connectivity index (χ2v) is 9.33. The highest BCUT2D eigenvalue weighted by Crippen LogP contribution is 2.39. The van der Waals surface area contributed by atoms with E-state index in [0.29, 0.717) is 23.9 Å². The summed E-state index contributed by atoms with van der Waals surface area (Å²) in [7, 11) is 0. The second-order valence-electron chi connectivity index (χ2n) is 9.33. The van der Waals surface area contributed by atoms with Crippen molar-refractivity contribution in [2.45, 2.75) is 75.8 Å². The molecule has 2 saturated carbocycles. The Balaban J connectivity index is 1.08. The van der Waals surface area contributed by atoms with Crippen LogP contribution in [-0.2, 0) is 12.8 Å². The molecule has 6 rings (SSSR count). The van der Waals surface area contributed by atoms with E-state index in [9.17, 15) is 4.79 Å². The van der Waals surface area contributed by atoms with Crippen molar-refractivity contribution in [3.8, 4) is 5.69 Å². The maximum absolute atomic E-state index is 12.9. The molecule has 0 saturated heterocycles.